The van der Waals surface area contributed by atoms with Crippen molar-refractivity contribution < 1.29 is 0 Å². The van der Waals surface area contributed by atoms with Crippen LogP contribution >= 0.6 is 0 Å². The Kier molecular flexibility index (Phi) is 3.13. The zero-order valence-corrected chi connectivity index (χ0v) is 8.64. The fourth-order valence-electron chi connectivity index (χ4n) is 1.72. The fourth-order valence-corrected chi connectivity index (χ4v) is 1.72. The Hall–Kier alpha value is -0.0800. The standard InChI is InChI=1S/C10H22N2/c1-4-10(2,3)8-12-6-5-9(11)7-12/h9H,4-8,11H2,1-3H3. The first-order valence-corrected chi connectivity index (χ1v) is 5.01. The molecule has 0 saturated carbocycles. The van der Waals surface area contributed by atoms with Gasteiger partial charge in [0.2, 0.25) is 0 Å². The highest BCUT2D eigenvalue weighted by molar-refractivity contribution is 4.81. The van der Waals surface area contributed by atoms with Crippen LogP contribution in [0, 0.1) is 5.41 Å². The second-order valence-corrected chi connectivity index (χ2v) is 4.80. The van der Waals surface area contributed by atoms with Crippen LogP contribution in [0.2, 0.25) is 0 Å². The minimum atomic E-state index is 0.428. The third-order valence-corrected chi connectivity index (χ3v) is 2.92. The molecule has 0 amide bonds. The van der Waals surface area contributed by atoms with Crippen LogP contribution in [0.1, 0.15) is 33.6 Å². The summed E-state index contributed by atoms with van der Waals surface area (Å²) in [5.74, 6) is 0. The summed E-state index contributed by atoms with van der Waals surface area (Å²) in [6, 6.07) is 0.428. The van der Waals surface area contributed by atoms with Crippen molar-refractivity contribution in [2.24, 2.45) is 11.1 Å². The second-order valence-electron chi connectivity index (χ2n) is 4.80. The Bertz CT molecular complexity index is 143. The summed E-state index contributed by atoms with van der Waals surface area (Å²) in [7, 11) is 0. The minimum Gasteiger partial charge on any atom is -0.326 e. The maximum Gasteiger partial charge on any atom is 0.0180 e. The highest BCUT2D eigenvalue weighted by atomic mass is 15.2. The molecule has 1 unspecified atom stereocenters. The van der Waals surface area contributed by atoms with Gasteiger partial charge >= 0.3 is 0 Å². The zero-order chi connectivity index (χ0) is 9.19. The molecule has 1 aliphatic rings. The minimum absolute atomic E-state index is 0.428. The van der Waals surface area contributed by atoms with E-state index in [1.807, 2.05) is 0 Å². The Balaban J connectivity index is 2.32. The highest BCUT2D eigenvalue weighted by Crippen LogP contribution is 2.23. The molecule has 0 spiro atoms. The van der Waals surface area contributed by atoms with Crippen LogP contribution in [0.15, 0.2) is 0 Å². The van der Waals surface area contributed by atoms with Gasteiger partial charge < -0.3 is 10.6 Å². The van der Waals surface area contributed by atoms with E-state index in [1.165, 1.54) is 25.9 Å². The summed E-state index contributed by atoms with van der Waals surface area (Å²) in [5, 5.41) is 0. The van der Waals surface area contributed by atoms with Crippen molar-refractivity contribution in [1.82, 2.24) is 4.90 Å². The second kappa shape index (κ2) is 3.75. The van der Waals surface area contributed by atoms with Crippen LogP contribution in [0.3, 0.4) is 0 Å². The molecule has 12 heavy (non-hydrogen) atoms. The number of likely N-dealkylation sites (tertiary alicyclic amines) is 1. The fraction of sp³-hybridized carbons (Fsp3) is 1.00. The molecule has 72 valence electrons. The van der Waals surface area contributed by atoms with E-state index in [1.54, 1.807) is 0 Å². The van der Waals surface area contributed by atoms with Crippen molar-refractivity contribution >= 4 is 0 Å². The van der Waals surface area contributed by atoms with Gasteiger partial charge in [0.1, 0.15) is 0 Å². The molecule has 0 bridgehead atoms. The van der Waals surface area contributed by atoms with Crippen molar-refractivity contribution in [3.05, 3.63) is 0 Å². The summed E-state index contributed by atoms with van der Waals surface area (Å²) < 4.78 is 0. The first-order chi connectivity index (χ1) is 5.53. The van der Waals surface area contributed by atoms with Gasteiger partial charge in [-0.2, -0.15) is 0 Å². The molecule has 0 aliphatic carbocycles. The van der Waals surface area contributed by atoms with Gasteiger partial charge in [-0.25, -0.2) is 0 Å². The lowest BCUT2D eigenvalue weighted by Gasteiger charge is -2.28. The Morgan fingerprint density at radius 3 is 2.58 bits per heavy atom. The van der Waals surface area contributed by atoms with Gasteiger partial charge in [0.15, 0.2) is 0 Å². The van der Waals surface area contributed by atoms with Gasteiger partial charge in [0.25, 0.3) is 0 Å². The molecule has 1 fully saturated rings. The molecule has 2 N–H and O–H groups in total. The topological polar surface area (TPSA) is 29.3 Å². The molecule has 2 heteroatoms. The van der Waals surface area contributed by atoms with Gasteiger partial charge in [-0.15, -0.1) is 0 Å². The van der Waals surface area contributed by atoms with Crippen molar-refractivity contribution in [3.8, 4) is 0 Å². The Morgan fingerprint density at radius 1 is 1.50 bits per heavy atom. The molecule has 1 aliphatic heterocycles. The summed E-state index contributed by atoms with van der Waals surface area (Å²) in [4.78, 5) is 2.49. The summed E-state index contributed by atoms with van der Waals surface area (Å²) in [6.07, 6.45) is 2.43. The lowest BCUT2D eigenvalue weighted by Crippen LogP contribution is -2.34. The van der Waals surface area contributed by atoms with E-state index in [2.05, 4.69) is 25.7 Å². The third-order valence-electron chi connectivity index (χ3n) is 2.92. The van der Waals surface area contributed by atoms with Crippen LogP contribution in [0.25, 0.3) is 0 Å². The molecule has 0 aromatic rings. The van der Waals surface area contributed by atoms with Crippen LogP contribution in [0.4, 0.5) is 0 Å². The molecular weight excluding hydrogens is 148 g/mol. The van der Waals surface area contributed by atoms with Gasteiger partial charge in [-0.3, -0.25) is 0 Å². The summed E-state index contributed by atoms with van der Waals surface area (Å²) in [5.41, 5.74) is 6.31. The van der Waals surface area contributed by atoms with Gasteiger partial charge in [0, 0.05) is 19.1 Å². The van der Waals surface area contributed by atoms with Crippen LogP contribution in [-0.2, 0) is 0 Å². The van der Waals surface area contributed by atoms with E-state index in [0.29, 0.717) is 11.5 Å². The van der Waals surface area contributed by atoms with Crippen molar-refractivity contribution in [3.63, 3.8) is 0 Å². The van der Waals surface area contributed by atoms with Crippen molar-refractivity contribution in [2.75, 3.05) is 19.6 Å². The van der Waals surface area contributed by atoms with Crippen molar-refractivity contribution in [1.29, 1.82) is 0 Å². The number of nitrogens with zero attached hydrogens (tertiary/aromatic N) is 1. The third kappa shape index (κ3) is 2.76. The lowest BCUT2D eigenvalue weighted by molar-refractivity contribution is 0.202. The molecule has 1 atom stereocenters. The van der Waals surface area contributed by atoms with Crippen LogP contribution in [-0.4, -0.2) is 30.6 Å². The van der Waals surface area contributed by atoms with E-state index in [4.69, 9.17) is 5.73 Å². The number of hydrogen-bond acceptors (Lipinski definition) is 2. The van der Waals surface area contributed by atoms with E-state index in [0.717, 1.165) is 6.54 Å². The van der Waals surface area contributed by atoms with Gasteiger partial charge in [-0.05, 0) is 24.8 Å². The van der Waals surface area contributed by atoms with Crippen molar-refractivity contribution in [2.45, 2.75) is 39.7 Å². The largest absolute Gasteiger partial charge is 0.326 e. The number of nitrogens with two attached hydrogens (primary N) is 1. The summed E-state index contributed by atoms with van der Waals surface area (Å²) in [6.45, 7) is 10.4. The molecule has 1 saturated heterocycles. The normalized spacial score (nSPS) is 26.5. The van der Waals surface area contributed by atoms with Crippen LogP contribution in [0.5, 0.6) is 0 Å². The SMILES string of the molecule is CCC(C)(C)CN1CCC(N)C1. The molecule has 1 heterocycles. The van der Waals surface area contributed by atoms with E-state index in [9.17, 15) is 0 Å². The average molecular weight is 170 g/mol. The van der Waals surface area contributed by atoms with E-state index >= 15 is 0 Å². The molecule has 2 nitrogen and oxygen atoms in total. The summed E-state index contributed by atoms with van der Waals surface area (Å²) >= 11 is 0. The smallest absolute Gasteiger partial charge is 0.0180 e. The lowest BCUT2D eigenvalue weighted by atomic mass is 9.90. The highest BCUT2D eigenvalue weighted by Gasteiger charge is 2.24. The van der Waals surface area contributed by atoms with Crippen LogP contribution < -0.4 is 5.73 Å². The first kappa shape index (κ1) is 10.0. The first-order valence-electron chi connectivity index (χ1n) is 5.01. The molecular formula is C10H22N2. The number of rotatable bonds is 3. The molecule has 1 rings (SSSR count). The monoisotopic (exact) mass is 170 g/mol. The number of hydrogen-bond donors (Lipinski definition) is 1. The molecule has 0 aromatic carbocycles. The Labute approximate surface area is 76.1 Å². The maximum absolute atomic E-state index is 5.84. The van der Waals surface area contributed by atoms with Gasteiger partial charge in [-0.1, -0.05) is 20.8 Å². The molecule has 0 radical (unpaired) electrons. The predicted octanol–water partition coefficient (Wildman–Crippen LogP) is 1.46. The maximum atomic E-state index is 5.84. The zero-order valence-electron chi connectivity index (χ0n) is 8.64. The van der Waals surface area contributed by atoms with E-state index < -0.39 is 0 Å². The average Bonchev–Trinajstić information content (AvgIpc) is 2.35. The molecule has 0 aromatic heterocycles. The van der Waals surface area contributed by atoms with E-state index in [-0.39, 0.29) is 0 Å². The predicted molar refractivity (Wildman–Crippen MR) is 53.1 cm³/mol. The van der Waals surface area contributed by atoms with Gasteiger partial charge in [0.05, 0.1) is 0 Å². The quantitative estimate of drug-likeness (QED) is 0.694. The Morgan fingerprint density at radius 2 is 2.17 bits per heavy atom.